The molecule has 0 amide bonds. The predicted octanol–water partition coefficient (Wildman–Crippen LogP) is -0.333. The van der Waals surface area contributed by atoms with Crippen molar-refractivity contribution < 1.29 is 14.3 Å². The summed E-state index contributed by atoms with van der Waals surface area (Å²) in [5.74, 6) is -0.536. The summed E-state index contributed by atoms with van der Waals surface area (Å²) < 4.78 is 9.16. The van der Waals surface area contributed by atoms with Crippen LogP contribution in [0.15, 0.2) is 6.33 Å². The number of ether oxygens (including phenoxy) is 2. The van der Waals surface area contributed by atoms with E-state index in [1.54, 1.807) is 0 Å². The molecule has 0 aromatic carbocycles. The SMILES string of the molecule is COC(=O)c1ncnnc1OC. The number of carbonyl (C=O) groups is 1. The van der Waals surface area contributed by atoms with Crippen LogP contribution in [0.1, 0.15) is 10.5 Å². The second-order valence-corrected chi connectivity index (χ2v) is 1.81. The van der Waals surface area contributed by atoms with Crippen LogP contribution in [0.25, 0.3) is 0 Å². The summed E-state index contributed by atoms with van der Waals surface area (Å²) in [6, 6.07) is 0. The van der Waals surface area contributed by atoms with Gasteiger partial charge in [0.15, 0.2) is 0 Å². The van der Waals surface area contributed by atoms with Gasteiger partial charge in [0.2, 0.25) is 5.69 Å². The van der Waals surface area contributed by atoms with Crippen molar-refractivity contribution >= 4 is 5.97 Å². The Kier molecular flexibility index (Phi) is 2.52. The average molecular weight is 169 g/mol. The Bertz CT molecular complexity index is 289. The van der Waals surface area contributed by atoms with Crippen LogP contribution in [0.3, 0.4) is 0 Å². The van der Waals surface area contributed by atoms with Gasteiger partial charge in [0.25, 0.3) is 5.88 Å². The molecule has 0 aliphatic rings. The minimum Gasteiger partial charge on any atom is -0.478 e. The van der Waals surface area contributed by atoms with Crippen LogP contribution in [0.2, 0.25) is 0 Å². The first-order valence-corrected chi connectivity index (χ1v) is 3.09. The summed E-state index contributed by atoms with van der Waals surface area (Å²) in [4.78, 5) is 14.6. The van der Waals surface area contributed by atoms with Gasteiger partial charge < -0.3 is 9.47 Å². The summed E-state index contributed by atoms with van der Waals surface area (Å²) in [6.07, 6.45) is 1.15. The second kappa shape index (κ2) is 3.61. The highest BCUT2D eigenvalue weighted by Gasteiger charge is 2.15. The van der Waals surface area contributed by atoms with Gasteiger partial charge in [-0.2, -0.15) is 0 Å². The van der Waals surface area contributed by atoms with Crippen LogP contribution < -0.4 is 4.74 Å². The molecule has 0 unspecified atom stereocenters. The van der Waals surface area contributed by atoms with Gasteiger partial charge in [0, 0.05) is 0 Å². The molecule has 1 aromatic rings. The maximum absolute atomic E-state index is 11.0. The Balaban J connectivity index is 3.04. The number of hydrogen-bond donors (Lipinski definition) is 0. The van der Waals surface area contributed by atoms with Gasteiger partial charge in [-0.25, -0.2) is 9.78 Å². The lowest BCUT2D eigenvalue weighted by molar-refractivity contribution is 0.0588. The first kappa shape index (κ1) is 8.38. The molecule has 0 N–H and O–H groups in total. The maximum atomic E-state index is 11.0. The molecule has 0 aliphatic carbocycles. The maximum Gasteiger partial charge on any atom is 0.362 e. The van der Waals surface area contributed by atoms with Crippen molar-refractivity contribution in [3.8, 4) is 5.88 Å². The van der Waals surface area contributed by atoms with Crippen LogP contribution in [-0.4, -0.2) is 35.4 Å². The van der Waals surface area contributed by atoms with Crippen LogP contribution in [0.4, 0.5) is 0 Å². The molecule has 1 aromatic heterocycles. The van der Waals surface area contributed by atoms with Gasteiger partial charge in [-0.1, -0.05) is 0 Å². The third kappa shape index (κ3) is 1.47. The zero-order valence-electron chi connectivity index (χ0n) is 6.64. The van der Waals surface area contributed by atoms with Gasteiger partial charge in [-0.05, 0) is 0 Å². The molecular formula is C6H7N3O3. The van der Waals surface area contributed by atoms with E-state index in [1.807, 2.05) is 0 Å². The van der Waals surface area contributed by atoms with E-state index in [4.69, 9.17) is 4.74 Å². The zero-order valence-corrected chi connectivity index (χ0v) is 6.64. The molecule has 0 spiro atoms. The summed E-state index contributed by atoms with van der Waals surface area (Å²) in [7, 11) is 2.63. The fourth-order valence-corrected chi connectivity index (χ4v) is 0.639. The van der Waals surface area contributed by atoms with Gasteiger partial charge in [0.05, 0.1) is 14.2 Å². The standard InChI is InChI=1S/C6H7N3O3/c1-11-5-4(6(10)12-2)7-3-8-9-5/h3H,1-2H3. The number of hydrogen-bond acceptors (Lipinski definition) is 6. The summed E-state index contributed by atoms with van der Waals surface area (Å²) in [5, 5.41) is 6.97. The van der Waals surface area contributed by atoms with E-state index in [0.717, 1.165) is 6.33 Å². The molecule has 0 saturated carbocycles. The van der Waals surface area contributed by atoms with Crippen LogP contribution >= 0.6 is 0 Å². The van der Waals surface area contributed by atoms with E-state index >= 15 is 0 Å². The van der Waals surface area contributed by atoms with Gasteiger partial charge in [0.1, 0.15) is 6.33 Å². The molecule has 0 bridgehead atoms. The Morgan fingerprint density at radius 1 is 1.50 bits per heavy atom. The van der Waals surface area contributed by atoms with Crippen molar-refractivity contribution in [3.05, 3.63) is 12.0 Å². The van der Waals surface area contributed by atoms with E-state index in [1.165, 1.54) is 14.2 Å². The molecule has 0 fully saturated rings. The zero-order chi connectivity index (χ0) is 8.97. The molecule has 12 heavy (non-hydrogen) atoms. The third-order valence-electron chi connectivity index (χ3n) is 1.16. The summed E-state index contributed by atoms with van der Waals surface area (Å²) >= 11 is 0. The number of nitrogens with zero attached hydrogens (tertiary/aromatic N) is 3. The highest BCUT2D eigenvalue weighted by Crippen LogP contribution is 2.09. The van der Waals surface area contributed by atoms with Crippen molar-refractivity contribution in [1.82, 2.24) is 15.2 Å². The lowest BCUT2D eigenvalue weighted by Crippen LogP contribution is -2.08. The molecule has 64 valence electrons. The fourth-order valence-electron chi connectivity index (χ4n) is 0.639. The van der Waals surface area contributed by atoms with E-state index < -0.39 is 5.97 Å². The van der Waals surface area contributed by atoms with Crippen molar-refractivity contribution in [2.45, 2.75) is 0 Å². The van der Waals surface area contributed by atoms with E-state index in [0.29, 0.717) is 0 Å². The molecule has 1 rings (SSSR count). The number of esters is 1. The van der Waals surface area contributed by atoms with Crippen LogP contribution in [0, 0.1) is 0 Å². The molecule has 1 heterocycles. The van der Waals surface area contributed by atoms with Crippen molar-refractivity contribution in [3.63, 3.8) is 0 Å². The quantitative estimate of drug-likeness (QED) is 0.564. The third-order valence-corrected chi connectivity index (χ3v) is 1.16. The molecular weight excluding hydrogens is 162 g/mol. The van der Waals surface area contributed by atoms with E-state index in [2.05, 4.69) is 19.9 Å². The Morgan fingerprint density at radius 3 is 2.83 bits per heavy atom. The Hall–Kier alpha value is -1.72. The number of rotatable bonds is 2. The number of aromatic nitrogens is 3. The highest BCUT2D eigenvalue weighted by atomic mass is 16.5. The first-order chi connectivity index (χ1) is 5.79. The highest BCUT2D eigenvalue weighted by molar-refractivity contribution is 5.89. The van der Waals surface area contributed by atoms with Crippen LogP contribution in [-0.2, 0) is 4.74 Å². The van der Waals surface area contributed by atoms with E-state index in [-0.39, 0.29) is 11.6 Å². The largest absolute Gasteiger partial charge is 0.478 e. The fraction of sp³-hybridized carbons (Fsp3) is 0.333. The lowest BCUT2D eigenvalue weighted by atomic mass is 10.4. The van der Waals surface area contributed by atoms with Gasteiger partial charge in [-0.15, -0.1) is 10.2 Å². The summed E-state index contributed by atoms with van der Waals surface area (Å²) in [6.45, 7) is 0. The lowest BCUT2D eigenvalue weighted by Gasteiger charge is -2.01. The normalized spacial score (nSPS) is 9.17. The molecule has 0 radical (unpaired) electrons. The Morgan fingerprint density at radius 2 is 2.25 bits per heavy atom. The number of methoxy groups -OCH3 is 2. The second-order valence-electron chi connectivity index (χ2n) is 1.81. The molecule has 0 atom stereocenters. The smallest absolute Gasteiger partial charge is 0.362 e. The molecule has 6 nitrogen and oxygen atoms in total. The summed E-state index contributed by atoms with van der Waals surface area (Å²) in [5.41, 5.74) is 0.0231. The topological polar surface area (TPSA) is 74.2 Å². The average Bonchev–Trinajstić information content (AvgIpc) is 2.16. The number of carbonyl (C=O) groups excluding carboxylic acids is 1. The first-order valence-electron chi connectivity index (χ1n) is 3.09. The molecule has 0 aliphatic heterocycles. The minimum absolute atomic E-state index is 0.0231. The van der Waals surface area contributed by atoms with Crippen molar-refractivity contribution in [2.24, 2.45) is 0 Å². The Labute approximate surface area is 68.5 Å². The molecule has 6 heteroatoms. The van der Waals surface area contributed by atoms with E-state index in [9.17, 15) is 4.79 Å². The van der Waals surface area contributed by atoms with Crippen molar-refractivity contribution in [1.29, 1.82) is 0 Å². The van der Waals surface area contributed by atoms with Crippen LogP contribution in [0.5, 0.6) is 5.88 Å². The minimum atomic E-state index is -0.596. The van der Waals surface area contributed by atoms with Gasteiger partial charge in [-0.3, -0.25) is 0 Å². The van der Waals surface area contributed by atoms with Crippen molar-refractivity contribution in [2.75, 3.05) is 14.2 Å². The molecule has 0 saturated heterocycles. The monoisotopic (exact) mass is 169 g/mol. The predicted molar refractivity (Wildman–Crippen MR) is 37.7 cm³/mol. The van der Waals surface area contributed by atoms with Gasteiger partial charge >= 0.3 is 5.97 Å².